The molecule has 0 saturated carbocycles. The number of hydrogen-bond donors (Lipinski definition) is 1. The Labute approximate surface area is 214 Å². The zero-order valence-electron chi connectivity index (χ0n) is 20.9. The number of aryl methyl sites for hydroxylation is 1. The van der Waals surface area contributed by atoms with Crippen molar-refractivity contribution in [3.8, 4) is 11.5 Å². The van der Waals surface area contributed by atoms with Crippen molar-refractivity contribution < 1.29 is 22.7 Å². The Bertz CT molecular complexity index is 1200. The summed E-state index contributed by atoms with van der Waals surface area (Å²) < 4.78 is 37.4. The van der Waals surface area contributed by atoms with E-state index in [0.717, 1.165) is 40.3 Å². The summed E-state index contributed by atoms with van der Waals surface area (Å²) in [6.45, 7) is 3.28. The highest BCUT2D eigenvalue weighted by Crippen LogP contribution is 2.22. The number of nitrogens with one attached hydrogen (secondary N) is 1. The van der Waals surface area contributed by atoms with Gasteiger partial charge in [-0.15, -0.1) is 0 Å². The van der Waals surface area contributed by atoms with Gasteiger partial charge in [-0.3, -0.25) is 9.10 Å². The van der Waals surface area contributed by atoms with Crippen molar-refractivity contribution in [1.82, 2.24) is 5.32 Å². The van der Waals surface area contributed by atoms with Crippen LogP contribution in [0.4, 0.5) is 5.69 Å². The number of nitrogens with zero attached hydrogens (tertiary/aromatic N) is 1. The summed E-state index contributed by atoms with van der Waals surface area (Å²) in [6, 6.07) is 24.3. The molecule has 0 fully saturated rings. The molecular weight excluding hydrogens is 476 g/mol. The van der Waals surface area contributed by atoms with E-state index in [9.17, 15) is 13.2 Å². The summed E-state index contributed by atoms with van der Waals surface area (Å²) in [5.74, 6) is 1.12. The molecule has 1 amide bonds. The van der Waals surface area contributed by atoms with Gasteiger partial charge in [-0.2, -0.15) is 0 Å². The van der Waals surface area contributed by atoms with E-state index in [1.807, 2.05) is 54.6 Å². The number of amides is 1. The van der Waals surface area contributed by atoms with Gasteiger partial charge >= 0.3 is 0 Å². The molecule has 0 radical (unpaired) electrons. The largest absolute Gasteiger partial charge is 0.493 e. The van der Waals surface area contributed by atoms with Crippen LogP contribution in [0.3, 0.4) is 0 Å². The summed E-state index contributed by atoms with van der Waals surface area (Å²) >= 11 is 0. The molecule has 0 bridgehead atoms. The van der Waals surface area contributed by atoms with Crippen LogP contribution >= 0.6 is 0 Å². The SMILES string of the molecule is CCCOc1ccccc1CCCNC(=O)CN(c1ccc(OCc2ccccc2)cc1)S(C)(=O)=O. The molecule has 3 rings (SSSR count). The van der Waals surface area contributed by atoms with Crippen LogP contribution in [0.2, 0.25) is 0 Å². The van der Waals surface area contributed by atoms with Gasteiger partial charge in [0.2, 0.25) is 15.9 Å². The molecule has 36 heavy (non-hydrogen) atoms. The Kier molecular flexibility index (Phi) is 10.2. The van der Waals surface area contributed by atoms with Crippen molar-refractivity contribution in [2.75, 3.05) is 30.3 Å². The molecule has 0 aromatic heterocycles. The topological polar surface area (TPSA) is 84.9 Å². The summed E-state index contributed by atoms with van der Waals surface area (Å²) in [6.07, 6.45) is 3.49. The fourth-order valence-corrected chi connectivity index (χ4v) is 4.46. The van der Waals surface area contributed by atoms with E-state index in [-0.39, 0.29) is 12.5 Å². The van der Waals surface area contributed by atoms with Gasteiger partial charge in [0.05, 0.1) is 18.6 Å². The molecule has 0 heterocycles. The van der Waals surface area contributed by atoms with Gasteiger partial charge in [0.1, 0.15) is 24.7 Å². The smallest absolute Gasteiger partial charge is 0.240 e. The molecule has 0 unspecified atom stereocenters. The predicted octanol–water partition coefficient (Wildman–Crippen LogP) is 4.57. The van der Waals surface area contributed by atoms with Crippen LogP contribution in [0.25, 0.3) is 0 Å². The van der Waals surface area contributed by atoms with Crippen LogP contribution in [0.5, 0.6) is 11.5 Å². The zero-order chi connectivity index (χ0) is 25.8. The Morgan fingerprint density at radius 3 is 2.31 bits per heavy atom. The van der Waals surface area contributed by atoms with Crippen molar-refractivity contribution in [2.24, 2.45) is 0 Å². The van der Waals surface area contributed by atoms with E-state index >= 15 is 0 Å². The molecule has 0 aliphatic rings. The van der Waals surface area contributed by atoms with E-state index in [2.05, 4.69) is 12.2 Å². The molecule has 3 aromatic carbocycles. The van der Waals surface area contributed by atoms with Crippen molar-refractivity contribution in [2.45, 2.75) is 32.8 Å². The third kappa shape index (κ3) is 8.61. The van der Waals surface area contributed by atoms with Crippen LogP contribution in [0.15, 0.2) is 78.9 Å². The number of ether oxygens (including phenoxy) is 2. The average molecular weight is 511 g/mol. The quantitative estimate of drug-likeness (QED) is 0.321. The lowest BCUT2D eigenvalue weighted by Gasteiger charge is -2.22. The van der Waals surface area contributed by atoms with E-state index in [1.165, 1.54) is 0 Å². The Morgan fingerprint density at radius 1 is 0.917 bits per heavy atom. The van der Waals surface area contributed by atoms with Crippen molar-refractivity contribution in [3.05, 3.63) is 90.0 Å². The monoisotopic (exact) mass is 510 g/mol. The fraction of sp³-hybridized carbons (Fsp3) is 0.321. The molecule has 7 nitrogen and oxygen atoms in total. The second kappa shape index (κ2) is 13.5. The molecule has 192 valence electrons. The minimum absolute atomic E-state index is 0.292. The maximum atomic E-state index is 12.6. The van der Waals surface area contributed by atoms with E-state index in [0.29, 0.717) is 37.6 Å². The van der Waals surface area contributed by atoms with Crippen LogP contribution in [-0.4, -0.2) is 40.3 Å². The average Bonchev–Trinajstić information content (AvgIpc) is 2.88. The first-order valence-electron chi connectivity index (χ1n) is 12.1. The highest BCUT2D eigenvalue weighted by atomic mass is 32.2. The highest BCUT2D eigenvalue weighted by molar-refractivity contribution is 7.92. The lowest BCUT2D eigenvalue weighted by molar-refractivity contribution is -0.119. The number of hydrogen-bond acceptors (Lipinski definition) is 5. The standard InChI is InChI=1S/C28H34N2O5S/c1-3-20-34-27-14-8-7-12-24(27)13-9-19-29-28(31)21-30(36(2,32)33)25-15-17-26(18-16-25)35-22-23-10-5-4-6-11-23/h4-8,10-12,14-18H,3,9,13,19-22H2,1-2H3,(H,29,31). The first-order chi connectivity index (χ1) is 17.4. The molecule has 0 spiro atoms. The van der Waals surface area contributed by atoms with E-state index in [1.54, 1.807) is 24.3 Å². The Morgan fingerprint density at radius 2 is 1.61 bits per heavy atom. The van der Waals surface area contributed by atoms with Gasteiger partial charge in [-0.25, -0.2) is 8.42 Å². The minimum Gasteiger partial charge on any atom is -0.493 e. The number of anilines is 1. The van der Waals surface area contributed by atoms with Crippen LogP contribution in [0, 0.1) is 0 Å². The third-order valence-corrected chi connectivity index (χ3v) is 6.58. The van der Waals surface area contributed by atoms with E-state index < -0.39 is 10.0 Å². The fourth-order valence-electron chi connectivity index (χ4n) is 3.61. The summed E-state index contributed by atoms with van der Waals surface area (Å²) in [5, 5.41) is 2.83. The second-order valence-corrected chi connectivity index (χ2v) is 10.4. The third-order valence-electron chi connectivity index (χ3n) is 5.44. The van der Waals surface area contributed by atoms with Gasteiger partial charge in [-0.05, 0) is 60.7 Å². The molecule has 1 N–H and O–H groups in total. The number of rotatable bonds is 14. The van der Waals surface area contributed by atoms with E-state index in [4.69, 9.17) is 9.47 Å². The molecule has 0 saturated heterocycles. The Hall–Kier alpha value is -3.52. The van der Waals surface area contributed by atoms with Crippen molar-refractivity contribution in [3.63, 3.8) is 0 Å². The molecular formula is C28H34N2O5S. The number of benzene rings is 3. The van der Waals surface area contributed by atoms with Gasteiger partial charge in [0.25, 0.3) is 0 Å². The van der Waals surface area contributed by atoms with Gasteiger partial charge in [-0.1, -0.05) is 55.5 Å². The second-order valence-electron chi connectivity index (χ2n) is 8.45. The lowest BCUT2D eigenvalue weighted by atomic mass is 10.1. The van der Waals surface area contributed by atoms with Crippen LogP contribution < -0.4 is 19.1 Å². The summed E-state index contributed by atoms with van der Waals surface area (Å²) in [4.78, 5) is 12.6. The normalized spacial score (nSPS) is 11.1. The van der Waals surface area contributed by atoms with Gasteiger partial charge in [0.15, 0.2) is 0 Å². The summed E-state index contributed by atoms with van der Waals surface area (Å²) in [5.41, 5.74) is 2.53. The first kappa shape index (κ1) is 27.1. The zero-order valence-corrected chi connectivity index (χ0v) is 21.7. The maximum absolute atomic E-state index is 12.6. The molecule has 8 heteroatoms. The molecule has 0 aliphatic carbocycles. The van der Waals surface area contributed by atoms with Crippen LogP contribution in [-0.2, 0) is 27.8 Å². The number of sulfonamides is 1. The summed E-state index contributed by atoms with van der Waals surface area (Å²) in [7, 11) is -3.65. The molecule has 3 aromatic rings. The van der Waals surface area contributed by atoms with Crippen molar-refractivity contribution >= 4 is 21.6 Å². The van der Waals surface area contributed by atoms with Crippen LogP contribution in [0.1, 0.15) is 30.9 Å². The molecule has 0 aliphatic heterocycles. The first-order valence-corrected chi connectivity index (χ1v) is 13.9. The predicted molar refractivity (Wildman–Crippen MR) is 143 cm³/mol. The number of para-hydroxylation sites is 1. The molecule has 0 atom stereocenters. The number of carbonyl (C=O) groups is 1. The van der Waals surface area contributed by atoms with Crippen molar-refractivity contribution in [1.29, 1.82) is 0 Å². The highest BCUT2D eigenvalue weighted by Gasteiger charge is 2.20. The Balaban J connectivity index is 1.51. The maximum Gasteiger partial charge on any atom is 0.240 e. The lowest BCUT2D eigenvalue weighted by Crippen LogP contribution is -2.40. The number of carbonyl (C=O) groups excluding carboxylic acids is 1. The van der Waals surface area contributed by atoms with Gasteiger partial charge in [0, 0.05) is 6.54 Å². The minimum atomic E-state index is -3.65. The van der Waals surface area contributed by atoms with Gasteiger partial charge < -0.3 is 14.8 Å².